The van der Waals surface area contributed by atoms with E-state index in [4.69, 9.17) is 32.7 Å². The number of nitrogens with one attached hydrogen (secondary N) is 1. The van der Waals surface area contributed by atoms with Gasteiger partial charge in [-0.2, -0.15) is 10.5 Å². The van der Waals surface area contributed by atoms with Crippen molar-refractivity contribution >= 4 is 35.1 Å². The van der Waals surface area contributed by atoms with Gasteiger partial charge in [0.1, 0.15) is 39.1 Å². The lowest BCUT2D eigenvalue weighted by atomic mass is 9.49. The van der Waals surface area contributed by atoms with Gasteiger partial charge >= 0.3 is 5.97 Å². The van der Waals surface area contributed by atoms with Gasteiger partial charge in [0, 0.05) is 17.9 Å². The van der Waals surface area contributed by atoms with E-state index in [1.165, 1.54) is 13.2 Å². The lowest BCUT2D eigenvalue weighted by Crippen LogP contribution is -2.53. The second kappa shape index (κ2) is 9.22. The van der Waals surface area contributed by atoms with Gasteiger partial charge in [-0.25, -0.2) is 0 Å². The van der Waals surface area contributed by atoms with Gasteiger partial charge in [-0.15, -0.1) is 0 Å². The minimum Gasteiger partial charge on any atom is -0.505 e. The number of allylic oxidation sites excluding steroid dienone is 2. The Kier molecular flexibility index (Phi) is 6.41. The quantitative estimate of drug-likeness (QED) is 0.479. The number of carbonyl (C=O) groups is 2. The Hall–Kier alpha value is -3.20. The van der Waals surface area contributed by atoms with Crippen molar-refractivity contribution in [2.75, 3.05) is 7.11 Å². The van der Waals surface area contributed by atoms with Crippen LogP contribution in [0.3, 0.4) is 0 Å². The Labute approximate surface area is 230 Å². The molecule has 38 heavy (non-hydrogen) atoms. The highest BCUT2D eigenvalue weighted by Crippen LogP contribution is 2.66. The molecular formula is C28H27Cl2N3O5. The van der Waals surface area contributed by atoms with Crippen LogP contribution in [0.5, 0.6) is 11.5 Å². The van der Waals surface area contributed by atoms with E-state index in [1.54, 1.807) is 6.07 Å². The zero-order chi connectivity index (χ0) is 27.6. The van der Waals surface area contributed by atoms with Crippen LogP contribution in [0.4, 0.5) is 0 Å². The minimum absolute atomic E-state index is 0.110. The molecule has 0 radical (unpaired) electrons. The van der Waals surface area contributed by atoms with Crippen molar-refractivity contribution in [3.8, 4) is 23.6 Å². The van der Waals surface area contributed by atoms with Crippen molar-refractivity contribution in [1.82, 2.24) is 5.32 Å². The molecule has 5 rings (SSSR count). The first-order valence-electron chi connectivity index (χ1n) is 12.5. The Morgan fingerprint density at radius 3 is 2.50 bits per heavy atom. The number of esters is 1. The number of phenolic OH excluding ortho intramolecular Hbond substituents is 1. The number of aromatic hydroxyl groups is 1. The van der Waals surface area contributed by atoms with Crippen LogP contribution in [-0.2, 0) is 14.3 Å². The second-order valence-corrected chi connectivity index (χ2v) is 11.8. The van der Waals surface area contributed by atoms with E-state index < -0.39 is 11.2 Å². The third kappa shape index (κ3) is 3.61. The number of methoxy groups -OCH3 is 1. The molecule has 3 aliphatic carbocycles. The first kappa shape index (κ1) is 26.4. The summed E-state index contributed by atoms with van der Waals surface area (Å²) in [6, 6.07) is 3.70. The molecule has 6 atom stereocenters. The van der Waals surface area contributed by atoms with Crippen LogP contribution in [0, 0.1) is 57.2 Å². The number of rotatable bonds is 3. The summed E-state index contributed by atoms with van der Waals surface area (Å²) in [6.07, 6.45) is 7.20. The SMILES string of the molecule is COC(=O)[C@H]1CC[C@H]2[C@@H]3CC(Oc4c(Cl)c(Cl)c(O)c(C#N)c4C#N)=C4NC(=O)C=C[C@]4(C)[C@H]3CC[C@]12C. The average Bonchev–Trinajstić information content (AvgIpc) is 3.26. The number of carbonyl (C=O) groups excluding carboxylic acids is 2. The molecule has 1 heterocycles. The maximum Gasteiger partial charge on any atom is 0.309 e. The van der Waals surface area contributed by atoms with E-state index in [0.717, 1.165) is 25.7 Å². The second-order valence-electron chi connectivity index (χ2n) is 11.1. The number of benzene rings is 1. The first-order chi connectivity index (χ1) is 18.0. The fourth-order valence-electron chi connectivity index (χ4n) is 7.66. The minimum atomic E-state index is -0.592. The van der Waals surface area contributed by atoms with Crippen LogP contribution >= 0.6 is 23.2 Å². The van der Waals surface area contributed by atoms with Crippen molar-refractivity contribution in [3.63, 3.8) is 0 Å². The van der Waals surface area contributed by atoms with Crippen molar-refractivity contribution in [3.05, 3.63) is 44.8 Å². The van der Waals surface area contributed by atoms with Crippen molar-refractivity contribution in [2.45, 2.75) is 46.0 Å². The summed E-state index contributed by atoms with van der Waals surface area (Å²) in [5, 5.41) is 32.2. The van der Waals surface area contributed by atoms with Gasteiger partial charge in [-0.05, 0) is 48.9 Å². The third-order valence-electron chi connectivity index (χ3n) is 9.52. The number of halogens is 2. The van der Waals surface area contributed by atoms with E-state index in [1.807, 2.05) is 12.1 Å². The Balaban J connectivity index is 1.64. The maximum atomic E-state index is 12.7. The van der Waals surface area contributed by atoms with Gasteiger partial charge in [0.05, 0.1) is 18.7 Å². The van der Waals surface area contributed by atoms with Crippen LogP contribution in [-0.4, -0.2) is 24.1 Å². The highest BCUT2D eigenvalue weighted by atomic mass is 35.5. The van der Waals surface area contributed by atoms with E-state index in [9.17, 15) is 25.2 Å². The largest absolute Gasteiger partial charge is 0.505 e. The number of hydrogen-bond acceptors (Lipinski definition) is 7. The molecular weight excluding hydrogens is 529 g/mol. The highest BCUT2D eigenvalue weighted by molar-refractivity contribution is 6.44. The van der Waals surface area contributed by atoms with E-state index in [2.05, 4.69) is 19.2 Å². The predicted octanol–water partition coefficient (Wildman–Crippen LogP) is 5.36. The van der Waals surface area contributed by atoms with Crippen molar-refractivity contribution in [1.29, 1.82) is 10.5 Å². The van der Waals surface area contributed by atoms with E-state index in [0.29, 0.717) is 17.9 Å². The lowest BCUT2D eigenvalue weighted by molar-refractivity contribution is -0.152. The van der Waals surface area contributed by atoms with Gasteiger partial charge in [0.25, 0.3) is 0 Å². The summed E-state index contributed by atoms with van der Waals surface area (Å²) in [6.45, 7) is 4.23. The fourth-order valence-corrected chi connectivity index (χ4v) is 8.06. The molecule has 0 spiro atoms. The molecule has 198 valence electrons. The van der Waals surface area contributed by atoms with E-state index in [-0.39, 0.29) is 67.9 Å². The molecule has 0 saturated heterocycles. The average molecular weight is 556 g/mol. The molecule has 1 aliphatic heterocycles. The molecule has 1 aromatic rings. The lowest BCUT2D eigenvalue weighted by Gasteiger charge is -2.56. The number of fused-ring (bicyclic) bond motifs is 5. The van der Waals surface area contributed by atoms with Gasteiger partial charge < -0.3 is 19.9 Å². The highest BCUT2D eigenvalue weighted by Gasteiger charge is 2.61. The molecule has 2 fully saturated rings. The molecule has 2 saturated carbocycles. The van der Waals surface area contributed by atoms with Crippen LogP contribution in [0.15, 0.2) is 23.6 Å². The van der Waals surface area contributed by atoms with Gasteiger partial charge in [0.15, 0.2) is 11.5 Å². The van der Waals surface area contributed by atoms with Gasteiger partial charge in [0.2, 0.25) is 5.91 Å². The summed E-state index contributed by atoms with van der Waals surface area (Å²) in [5.41, 5.74) is -0.808. The van der Waals surface area contributed by atoms with Gasteiger partial charge in [-0.1, -0.05) is 43.1 Å². The number of amides is 1. The summed E-state index contributed by atoms with van der Waals surface area (Å²) in [7, 11) is 1.43. The van der Waals surface area contributed by atoms with Crippen LogP contribution < -0.4 is 10.1 Å². The molecule has 1 aromatic carbocycles. The zero-order valence-corrected chi connectivity index (χ0v) is 22.7. The monoisotopic (exact) mass is 555 g/mol. The van der Waals surface area contributed by atoms with Crippen LogP contribution in [0.1, 0.15) is 57.1 Å². The molecule has 1 amide bonds. The zero-order valence-electron chi connectivity index (χ0n) is 21.2. The molecule has 0 aromatic heterocycles. The normalized spacial score (nSPS) is 33.3. The van der Waals surface area contributed by atoms with E-state index >= 15 is 0 Å². The number of nitriles is 2. The van der Waals surface area contributed by atoms with Crippen molar-refractivity contribution in [2.24, 2.45) is 34.5 Å². The standard InChI is InChI=1S/C28H27Cl2N3O5/c1-27-8-6-17-13(16(27)4-5-18(27)26(36)37-3)10-19(25-28(17,2)9-7-20(34)33-25)38-24-15(12-32)14(11-31)23(35)21(29)22(24)30/h7,9,13,16-18,35H,4-6,8,10H2,1-3H3,(H,33,34)/t13-,16-,17-,18+,27-,28+/m0/s1. The Bertz CT molecular complexity index is 1410. The molecule has 0 bridgehead atoms. The summed E-state index contributed by atoms with van der Waals surface area (Å²) >= 11 is 12.6. The van der Waals surface area contributed by atoms with Crippen LogP contribution in [0.2, 0.25) is 10.0 Å². The number of hydrogen-bond donors (Lipinski definition) is 2. The third-order valence-corrected chi connectivity index (χ3v) is 10.3. The molecule has 4 aliphatic rings. The maximum absolute atomic E-state index is 12.7. The smallest absolute Gasteiger partial charge is 0.309 e. The van der Waals surface area contributed by atoms with Crippen LogP contribution in [0.25, 0.3) is 0 Å². The predicted molar refractivity (Wildman–Crippen MR) is 138 cm³/mol. The number of nitrogens with zero attached hydrogens (tertiary/aromatic N) is 2. The first-order valence-corrected chi connectivity index (χ1v) is 13.3. The Morgan fingerprint density at radius 1 is 1.13 bits per heavy atom. The summed E-state index contributed by atoms with van der Waals surface area (Å²) in [4.78, 5) is 25.2. The molecule has 8 nitrogen and oxygen atoms in total. The number of phenols is 1. The van der Waals surface area contributed by atoms with Gasteiger partial charge in [-0.3, -0.25) is 9.59 Å². The van der Waals surface area contributed by atoms with Crippen molar-refractivity contribution < 1.29 is 24.2 Å². The fraction of sp³-hybridized carbons (Fsp3) is 0.500. The summed E-state index contributed by atoms with van der Waals surface area (Å²) in [5.74, 6) is -0.475. The molecule has 10 heteroatoms. The topological polar surface area (TPSA) is 132 Å². The molecule has 2 N–H and O–H groups in total. The number of ether oxygens (including phenoxy) is 2. The molecule has 0 unspecified atom stereocenters. The summed E-state index contributed by atoms with van der Waals surface area (Å²) < 4.78 is 11.5. The Morgan fingerprint density at radius 2 is 1.84 bits per heavy atom.